The smallest absolute Gasteiger partial charge is 0.356 e. The van der Waals surface area contributed by atoms with E-state index in [-0.39, 0.29) is 11.4 Å². The number of hydrogen-bond acceptors (Lipinski definition) is 4. The molecule has 0 aliphatic heterocycles. The summed E-state index contributed by atoms with van der Waals surface area (Å²) in [5, 5.41) is 18.9. The quantitative estimate of drug-likeness (QED) is 0.790. The predicted octanol–water partition coefficient (Wildman–Crippen LogP) is 1.48. The molecule has 1 unspecified atom stereocenters. The van der Waals surface area contributed by atoms with Gasteiger partial charge in [-0.1, -0.05) is 0 Å². The molecule has 1 heterocycles. The number of nitrogens with zero attached hydrogens (tertiary/aromatic N) is 1. The van der Waals surface area contributed by atoms with Crippen LogP contribution in [-0.4, -0.2) is 33.3 Å². The summed E-state index contributed by atoms with van der Waals surface area (Å²) in [6, 6.07) is 1.77. The highest BCUT2D eigenvalue weighted by Gasteiger charge is 2.27. The summed E-state index contributed by atoms with van der Waals surface area (Å²) in [5.74, 6) is -3.59. The van der Waals surface area contributed by atoms with Crippen LogP contribution >= 0.6 is 0 Å². The third kappa shape index (κ3) is 2.32. The second-order valence-electron chi connectivity index (χ2n) is 3.88. The van der Waals surface area contributed by atoms with Crippen molar-refractivity contribution in [3.63, 3.8) is 0 Å². The fourth-order valence-electron chi connectivity index (χ4n) is 1.77. The molecule has 0 fully saturated rings. The van der Waals surface area contributed by atoms with E-state index < -0.39 is 35.0 Å². The molecule has 1 aromatic heterocycles. The topological polar surface area (TPSA) is 95.4 Å². The number of methoxy groups -OCH3 is 1. The first-order valence-corrected chi connectivity index (χ1v) is 5.43. The first-order chi connectivity index (χ1) is 9.45. The number of ether oxygens (including phenoxy) is 1. The molecule has 0 saturated heterocycles. The van der Waals surface area contributed by atoms with Gasteiger partial charge in [0.15, 0.2) is 5.69 Å². The lowest BCUT2D eigenvalue weighted by atomic mass is 10.0. The highest BCUT2D eigenvalue weighted by Crippen LogP contribution is 2.30. The molecular formula is C12H10F2N2O4. The van der Waals surface area contributed by atoms with Crippen LogP contribution in [0.5, 0.6) is 5.75 Å². The minimum atomic E-state index is -1.82. The second-order valence-corrected chi connectivity index (χ2v) is 3.88. The molecule has 3 N–H and O–H groups in total. The Labute approximate surface area is 111 Å². The van der Waals surface area contributed by atoms with Crippen molar-refractivity contribution >= 4 is 5.97 Å². The third-order valence-electron chi connectivity index (χ3n) is 2.71. The molecule has 0 saturated carbocycles. The van der Waals surface area contributed by atoms with Gasteiger partial charge in [0.25, 0.3) is 0 Å². The van der Waals surface area contributed by atoms with E-state index in [4.69, 9.17) is 5.11 Å². The van der Waals surface area contributed by atoms with Gasteiger partial charge in [-0.25, -0.2) is 18.6 Å². The molecule has 0 spiro atoms. The van der Waals surface area contributed by atoms with Crippen molar-refractivity contribution in [1.82, 2.24) is 9.97 Å². The summed E-state index contributed by atoms with van der Waals surface area (Å²) >= 11 is 0. The molecule has 106 valence electrons. The Balaban J connectivity index is 2.51. The molecule has 1 aromatic carbocycles. The molecule has 8 heteroatoms. The van der Waals surface area contributed by atoms with E-state index >= 15 is 0 Å². The van der Waals surface area contributed by atoms with Crippen molar-refractivity contribution in [2.24, 2.45) is 0 Å². The van der Waals surface area contributed by atoms with Crippen molar-refractivity contribution in [2.45, 2.75) is 6.10 Å². The summed E-state index contributed by atoms with van der Waals surface area (Å²) in [4.78, 5) is 16.7. The van der Waals surface area contributed by atoms with Crippen LogP contribution in [-0.2, 0) is 0 Å². The lowest BCUT2D eigenvalue weighted by molar-refractivity contribution is 0.0684. The summed E-state index contributed by atoms with van der Waals surface area (Å²) < 4.78 is 32.3. The lowest BCUT2D eigenvalue weighted by Gasteiger charge is -2.13. The van der Waals surface area contributed by atoms with Crippen molar-refractivity contribution < 1.29 is 28.5 Å². The number of aliphatic hydroxyl groups is 1. The number of aromatic carboxylic acids is 1. The molecule has 0 amide bonds. The second kappa shape index (κ2) is 5.25. The van der Waals surface area contributed by atoms with E-state index in [0.717, 1.165) is 18.5 Å². The van der Waals surface area contributed by atoms with Crippen molar-refractivity contribution in [3.05, 3.63) is 47.0 Å². The Hall–Kier alpha value is -2.48. The van der Waals surface area contributed by atoms with Gasteiger partial charge in [0.05, 0.1) is 24.7 Å². The monoisotopic (exact) mass is 284 g/mol. The normalized spacial score (nSPS) is 12.2. The summed E-state index contributed by atoms with van der Waals surface area (Å²) in [6.45, 7) is 0. The highest BCUT2D eigenvalue weighted by atomic mass is 19.1. The average molecular weight is 284 g/mol. The first kappa shape index (κ1) is 13.9. The minimum Gasteiger partial charge on any atom is -0.497 e. The standard InChI is InChI=1S/C12H10F2N2O4/c1-20-5-2-6(13)8(7(14)3-5)11(17)9-10(12(18)19)16-4-15-9/h2-4,11,17H,1H3,(H,15,16)(H,18,19). The number of aromatic nitrogens is 2. The highest BCUT2D eigenvalue weighted by molar-refractivity contribution is 5.86. The van der Waals surface area contributed by atoms with Gasteiger partial charge in [0, 0.05) is 12.1 Å². The Morgan fingerprint density at radius 3 is 2.50 bits per heavy atom. The molecule has 2 aromatic rings. The number of nitrogens with one attached hydrogen (secondary N) is 1. The van der Waals surface area contributed by atoms with E-state index in [0.29, 0.717) is 0 Å². The molecule has 0 aliphatic rings. The number of H-pyrrole nitrogens is 1. The maximum Gasteiger partial charge on any atom is 0.356 e. The fourth-order valence-corrected chi connectivity index (χ4v) is 1.77. The molecule has 1 atom stereocenters. The van der Waals surface area contributed by atoms with Crippen LogP contribution in [0, 0.1) is 11.6 Å². The number of benzene rings is 1. The van der Waals surface area contributed by atoms with Crippen LogP contribution in [0.15, 0.2) is 18.5 Å². The van der Waals surface area contributed by atoms with Crippen molar-refractivity contribution in [1.29, 1.82) is 0 Å². The van der Waals surface area contributed by atoms with E-state index in [2.05, 4.69) is 14.7 Å². The predicted molar refractivity (Wildman–Crippen MR) is 62.5 cm³/mol. The molecule has 0 bridgehead atoms. The molecule has 0 aliphatic carbocycles. The third-order valence-corrected chi connectivity index (χ3v) is 2.71. The SMILES string of the molecule is COc1cc(F)c(C(O)c2[nH]cnc2C(=O)O)c(F)c1. The van der Waals surface area contributed by atoms with Crippen LogP contribution in [0.3, 0.4) is 0 Å². The zero-order valence-electron chi connectivity index (χ0n) is 10.2. The van der Waals surface area contributed by atoms with E-state index in [1.54, 1.807) is 0 Å². The van der Waals surface area contributed by atoms with Gasteiger partial charge in [-0.05, 0) is 0 Å². The van der Waals surface area contributed by atoms with Gasteiger partial charge in [-0.3, -0.25) is 0 Å². The summed E-state index contributed by atoms with van der Waals surface area (Å²) in [6.07, 6.45) is -0.809. The molecule has 20 heavy (non-hydrogen) atoms. The summed E-state index contributed by atoms with van der Waals surface area (Å²) in [7, 11) is 1.24. The number of rotatable bonds is 4. The van der Waals surface area contributed by atoms with Gasteiger partial charge < -0.3 is 19.9 Å². The van der Waals surface area contributed by atoms with E-state index in [9.17, 15) is 18.7 Å². The maximum absolute atomic E-state index is 13.8. The fraction of sp³-hybridized carbons (Fsp3) is 0.167. The average Bonchev–Trinajstić information content (AvgIpc) is 2.86. The van der Waals surface area contributed by atoms with Crippen molar-refractivity contribution in [2.75, 3.05) is 7.11 Å². The number of aromatic amines is 1. The number of carbonyl (C=O) groups is 1. The number of hydrogen-bond donors (Lipinski definition) is 3. The minimum absolute atomic E-state index is 0.0565. The van der Waals surface area contributed by atoms with Crippen LogP contribution in [0.25, 0.3) is 0 Å². The number of halogens is 2. The van der Waals surface area contributed by atoms with Gasteiger partial charge >= 0.3 is 5.97 Å². The Bertz CT molecular complexity index is 634. The summed E-state index contributed by atoms with van der Waals surface area (Å²) in [5.41, 5.74) is -1.50. The molecular weight excluding hydrogens is 274 g/mol. The maximum atomic E-state index is 13.8. The Morgan fingerprint density at radius 2 is 2.00 bits per heavy atom. The van der Waals surface area contributed by atoms with Gasteiger partial charge in [-0.2, -0.15) is 0 Å². The van der Waals surface area contributed by atoms with Crippen LogP contribution in [0.4, 0.5) is 8.78 Å². The number of carboxylic acids is 1. The van der Waals surface area contributed by atoms with Crippen LogP contribution < -0.4 is 4.74 Å². The molecule has 0 radical (unpaired) electrons. The number of aliphatic hydroxyl groups excluding tert-OH is 1. The molecule has 2 rings (SSSR count). The molecule has 6 nitrogen and oxygen atoms in total. The van der Waals surface area contributed by atoms with Crippen LogP contribution in [0.1, 0.15) is 27.8 Å². The van der Waals surface area contributed by atoms with Crippen LogP contribution in [0.2, 0.25) is 0 Å². The zero-order chi connectivity index (χ0) is 14.9. The first-order valence-electron chi connectivity index (χ1n) is 5.43. The lowest BCUT2D eigenvalue weighted by Crippen LogP contribution is -2.11. The Kier molecular flexibility index (Phi) is 3.66. The largest absolute Gasteiger partial charge is 0.497 e. The van der Waals surface area contributed by atoms with Crippen molar-refractivity contribution in [3.8, 4) is 5.75 Å². The van der Waals surface area contributed by atoms with E-state index in [1.165, 1.54) is 7.11 Å². The van der Waals surface area contributed by atoms with E-state index in [1.807, 2.05) is 0 Å². The van der Waals surface area contributed by atoms with Gasteiger partial charge in [0.2, 0.25) is 0 Å². The van der Waals surface area contributed by atoms with Gasteiger partial charge in [0.1, 0.15) is 23.5 Å². The van der Waals surface area contributed by atoms with Gasteiger partial charge in [-0.15, -0.1) is 0 Å². The zero-order valence-corrected chi connectivity index (χ0v) is 10.2. The number of carboxylic acid groups (broad SMARTS) is 1. The number of imidazole rings is 1. The Morgan fingerprint density at radius 1 is 1.40 bits per heavy atom.